The molecule has 0 saturated carbocycles. The van der Waals surface area contributed by atoms with Crippen LogP contribution in [-0.4, -0.2) is 94.7 Å². The molecular formula is C49H97N3O4. The lowest BCUT2D eigenvalue weighted by Crippen LogP contribution is -2.38. The molecule has 332 valence electrons. The number of hydrogen-bond donors (Lipinski definition) is 1. The zero-order chi connectivity index (χ0) is 40.8. The quantitative estimate of drug-likeness (QED) is 0.0489. The van der Waals surface area contributed by atoms with Crippen molar-refractivity contribution in [3.8, 4) is 0 Å². The minimum Gasteiger partial charge on any atom is -0.447 e. The molecule has 0 saturated heterocycles. The van der Waals surface area contributed by atoms with Crippen LogP contribution in [-0.2, 0) is 14.2 Å². The third-order valence-corrected chi connectivity index (χ3v) is 11.0. The Bertz CT molecular complexity index is 834. The molecule has 0 aliphatic rings. The van der Waals surface area contributed by atoms with E-state index in [0.717, 1.165) is 52.2 Å². The number of nitrogens with one attached hydrogen (secondary N) is 1. The first-order valence-electron chi connectivity index (χ1n) is 24.4. The normalized spacial score (nSPS) is 12.6. The van der Waals surface area contributed by atoms with Gasteiger partial charge in [0.2, 0.25) is 0 Å². The highest BCUT2D eigenvalue weighted by Gasteiger charge is 2.14. The number of amides is 1. The average Bonchev–Trinajstić information content (AvgIpc) is 3.20. The first-order chi connectivity index (χ1) is 27.6. The fourth-order valence-corrected chi connectivity index (χ4v) is 6.94. The molecule has 0 heterocycles. The summed E-state index contributed by atoms with van der Waals surface area (Å²) in [7, 11) is 2.10. The second kappa shape index (κ2) is 46.3. The van der Waals surface area contributed by atoms with Gasteiger partial charge >= 0.3 is 6.09 Å². The van der Waals surface area contributed by atoms with Crippen LogP contribution in [0.15, 0.2) is 24.3 Å². The van der Waals surface area contributed by atoms with Gasteiger partial charge in [0.25, 0.3) is 0 Å². The Morgan fingerprint density at radius 2 is 0.946 bits per heavy atom. The number of rotatable bonds is 45. The molecule has 0 aliphatic heterocycles. The Hall–Kier alpha value is -1.41. The van der Waals surface area contributed by atoms with Gasteiger partial charge in [0, 0.05) is 39.4 Å². The molecule has 0 aromatic carbocycles. The van der Waals surface area contributed by atoms with Crippen molar-refractivity contribution >= 4 is 6.09 Å². The smallest absolute Gasteiger partial charge is 0.407 e. The van der Waals surface area contributed by atoms with Gasteiger partial charge in [-0.05, 0) is 84.3 Å². The first-order valence-corrected chi connectivity index (χ1v) is 24.4. The Kier molecular flexibility index (Phi) is 45.1. The van der Waals surface area contributed by atoms with E-state index in [2.05, 4.69) is 74.2 Å². The lowest BCUT2D eigenvalue weighted by Gasteiger charge is -2.23. The fourth-order valence-electron chi connectivity index (χ4n) is 6.94. The van der Waals surface area contributed by atoms with E-state index in [0.29, 0.717) is 19.8 Å². The van der Waals surface area contributed by atoms with Crippen molar-refractivity contribution in [3.63, 3.8) is 0 Å². The van der Waals surface area contributed by atoms with E-state index in [9.17, 15) is 4.79 Å². The van der Waals surface area contributed by atoms with Crippen LogP contribution in [0.2, 0.25) is 0 Å². The van der Waals surface area contributed by atoms with Gasteiger partial charge < -0.3 is 29.3 Å². The largest absolute Gasteiger partial charge is 0.447 e. The Morgan fingerprint density at radius 3 is 1.41 bits per heavy atom. The van der Waals surface area contributed by atoms with Crippen molar-refractivity contribution in [2.75, 3.05) is 72.7 Å². The number of ether oxygens (including phenoxy) is 3. The van der Waals surface area contributed by atoms with E-state index < -0.39 is 0 Å². The van der Waals surface area contributed by atoms with Crippen LogP contribution in [0.4, 0.5) is 4.79 Å². The molecule has 1 unspecified atom stereocenters. The van der Waals surface area contributed by atoms with Crippen LogP contribution in [0.25, 0.3) is 0 Å². The van der Waals surface area contributed by atoms with Crippen LogP contribution in [0.1, 0.15) is 207 Å². The molecule has 1 amide bonds. The maximum Gasteiger partial charge on any atom is 0.407 e. The van der Waals surface area contributed by atoms with E-state index in [1.165, 1.54) is 167 Å². The zero-order valence-corrected chi connectivity index (χ0v) is 38.3. The Morgan fingerprint density at radius 1 is 0.518 bits per heavy atom. The lowest BCUT2D eigenvalue weighted by atomic mass is 10.1. The fraction of sp³-hybridized carbons (Fsp3) is 0.898. The molecule has 7 nitrogen and oxygen atoms in total. The standard InChI is InChI=1S/C49H97N3O4/c1-6-10-12-14-16-18-20-22-24-26-28-30-32-34-36-38-44-54-46-48(47-56-49(53)50-40-41-51(5)42-43-52(8-3)9-4)55-45-39-37-35-33-31-29-27-25-23-21-19-17-15-13-11-7-2/h22-25,48H,6-21,26-47H2,1-5H3,(H,50,53)/b24-22-,25-23-. The van der Waals surface area contributed by atoms with Gasteiger partial charge in [-0.3, -0.25) is 0 Å². The minimum absolute atomic E-state index is 0.226. The highest BCUT2D eigenvalue weighted by molar-refractivity contribution is 5.67. The number of alkyl carbamates (subject to hydrolysis) is 1. The van der Waals surface area contributed by atoms with E-state index in [4.69, 9.17) is 14.2 Å². The van der Waals surface area contributed by atoms with E-state index in [1.807, 2.05) is 0 Å². The summed E-state index contributed by atoms with van der Waals surface area (Å²) in [6.07, 6.45) is 45.4. The summed E-state index contributed by atoms with van der Waals surface area (Å²) >= 11 is 0. The van der Waals surface area contributed by atoms with Crippen molar-refractivity contribution in [1.29, 1.82) is 0 Å². The highest BCUT2D eigenvalue weighted by atomic mass is 16.6. The summed E-state index contributed by atoms with van der Waals surface area (Å²) < 4.78 is 17.8. The van der Waals surface area contributed by atoms with E-state index in [-0.39, 0.29) is 18.8 Å². The summed E-state index contributed by atoms with van der Waals surface area (Å²) in [6, 6.07) is 0. The summed E-state index contributed by atoms with van der Waals surface area (Å²) in [5.41, 5.74) is 0. The summed E-state index contributed by atoms with van der Waals surface area (Å²) in [6.45, 7) is 16.6. The van der Waals surface area contributed by atoms with Gasteiger partial charge in [0.1, 0.15) is 12.7 Å². The number of unbranched alkanes of at least 4 members (excludes halogenated alkanes) is 24. The van der Waals surface area contributed by atoms with Gasteiger partial charge in [0.15, 0.2) is 0 Å². The van der Waals surface area contributed by atoms with Gasteiger partial charge in [-0.2, -0.15) is 0 Å². The molecule has 0 bridgehead atoms. The topological polar surface area (TPSA) is 63.3 Å². The van der Waals surface area contributed by atoms with Gasteiger partial charge in [0.05, 0.1) is 6.61 Å². The van der Waals surface area contributed by atoms with Crippen molar-refractivity contribution in [2.24, 2.45) is 0 Å². The zero-order valence-electron chi connectivity index (χ0n) is 38.3. The first kappa shape index (κ1) is 54.6. The lowest BCUT2D eigenvalue weighted by molar-refractivity contribution is -0.0468. The van der Waals surface area contributed by atoms with Crippen LogP contribution < -0.4 is 5.32 Å². The second-order valence-electron chi connectivity index (χ2n) is 16.3. The van der Waals surface area contributed by atoms with Crippen LogP contribution in [0.3, 0.4) is 0 Å². The number of carbonyl (C=O) groups is 1. The maximum absolute atomic E-state index is 12.5. The van der Waals surface area contributed by atoms with Crippen molar-refractivity contribution in [2.45, 2.75) is 214 Å². The molecule has 0 aromatic rings. The van der Waals surface area contributed by atoms with Crippen LogP contribution in [0.5, 0.6) is 0 Å². The molecule has 1 atom stereocenters. The molecule has 1 N–H and O–H groups in total. The predicted molar refractivity (Wildman–Crippen MR) is 244 cm³/mol. The van der Waals surface area contributed by atoms with Gasteiger partial charge in [-0.1, -0.05) is 168 Å². The molecule has 0 radical (unpaired) electrons. The Balaban J connectivity index is 4.20. The van der Waals surface area contributed by atoms with Crippen LogP contribution in [0, 0.1) is 0 Å². The Labute approximate surface area is 349 Å². The minimum atomic E-state index is -0.374. The third kappa shape index (κ3) is 42.2. The number of carbonyl (C=O) groups excluding carboxylic acids is 1. The predicted octanol–water partition coefficient (Wildman–Crippen LogP) is 13.5. The van der Waals surface area contributed by atoms with E-state index >= 15 is 0 Å². The third-order valence-electron chi connectivity index (χ3n) is 11.0. The number of nitrogens with zero attached hydrogens (tertiary/aromatic N) is 2. The highest BCUT2D eigenvalue weighted by Crippen LogP contribution is 2.12. The summed E-state index contributed by atoms with van der Waals surface area (Å²) in [5, 5.41) is 2.92. The number of hydrogen-bond acceptors (Lipinski definition) is 6. The van der Waals surface area contributed by atoms with Gasteiger partial charge in [-0.15, -0.1) is 0 Å². The van der Waals surface area contributed by atoms with Crippen molar-refractivity contribution < 1.29 is 19.0 Å². The second-order valence-corrected chi connectivity index (χ2v) is 16.3. The molecule has 0 aliphatic carbocycles. The molecule has 0 aromatic heterocycles. The van der Waals surface area contributed by atoms with Crippen LogP contribution >= 0.6 is 0 Å². The monoisotopic (exact) mass is 792 g/mol. The van der Waals surface area contributed by atoms with Gasteiger partial charge in [-0.25, -0.2) is 4.79 Å². The molecule has 0 rings (SSSR count). The maximum atomic E-state index is 12.5. The molecule has 0 spiro atoms. The summed E-state index contributed by atoms with van der Waals surface area (Å²) in [5.74, 6) is 0. The molecule has 0 fully saturated rings. The van der Waals surface area contributed by atoms with Crippen molar-refractivity contribution in [3.05, 3.63) is 24.3 Å². The molecule has 56 heavy (non-hydrogen) atoms. The number of allylic oxidation sites excluding steroid dienone is 4. The van der Waals surface area contributed by atoms with E-state index in [1.54, 1.807) is 0 Å². The SMILES string of the molecule is CCCCCCCC/C=C\CCCCCCCCOCC(COC(=O)NCCN(C)CCN(CC)CC)OCCCCCCCC/C=C\CCCCCCCC. The number of likely N-dealkylation sites (N-methyl/N-ethyl adjacent to an activating group) is 2. The molecule has 7 heteroatoms. The summed E-state index contributed by atoms with van der Waals surface area (Å²) in [4.78, 5) is 17.2. The average molecular weight is 792 g/mol. The van der Waals surface area contributed by atoms with Crippen molar-refractivity contribution in [1.82, 2.24) is 15.1 Å². The molecular weight excluding hydrogens is 695 g/mol.